The zero-order valence-corrected chi connectivity index (χ0v) is 12.8. The van der Waals surface area contributed by atoms with Crippen molar-refractivity contribution in [3.8, 4) is 0 Å². The van der Waals surface area contributed by atoms with Gasteiger partial charge in [0.2, 0.25) is 0 Å². The summed E-state index contributed by atoms with van der Waals surface area (Å²) in [6.45, 7) is 2.13. The number of aliphatic imine (C=N–C) groups is 1. The van der Waals surface area contributed by atoms with Crippen LogP contribution >= 0.6 is 0 Å². The van der Waals surface area contributed by atoms with Gasteiger partial charge in [-0.15, -0.1) is 0 Å². The minimum atomic E-state index is 1.09. The minimum absolute atomic E-state index is 1.09. The Labute approximate surface area is 127 Å². The van der Waals surface area contributed by atoms with Crippen LogP contribution in [0.3, 0.4) is 0 Å². The van der Waals surface area contributed by atoms with E-state index in [0.29, 0.717) is 0 Å². The summed E-state index contributed by atoms with van der Waals surface area (Å²) >= 11 is 0. The number of hydrogen-bond acceptors (Lipinski definition) is 1. The highest BCUT2D eigenvalue weighted by Crippen LogP contribution is 2.31. The summed E-state index contributed by atoms with van der Waals surface area (Å²) in [7, 11) is 1.89. The fraction of sp³-hybridized carbons (Fsp3) is 0.250. The second kappa shape index (κ2) is 6.09. The highest BCUT2D eigenvalue weighted by molar-refractivity contribution is 6.15. The van der Waals surface area contributed by atoms with Gasteiger partial charge in [-0.1, -0.05) is 54.1 Å². The lowest BCUT2D eigenvalue weighted by Crippen LogP contribution is -2.07. The van der Waals surface area contributed by atoms with Crippen molar-refractivity contribution in [3.63, 3.8) is 0 Å². The van der Waals surface area contributed by atoms with Crippen molar-refractivity contribution in [3.05, 3.63) is 76.9 Å². The molecule has 0 saturated heterocycles. The molecule has 0 atom stereocenters. The molecule has 0 aliphatic heterocycles. The van der Waals surface area contributed by atoms with E-state index in [1.165, 1.54) is 47.1 Å². The van der Waals surface area contributed by atoms with Crippen molar-refractivity contribution < 1.29 is 0 Å². The van der Waals surface area contributed by atoms with E-state index in [1.54, 1.807) is 0 Å². The molecule has 0 N–H and O–H groups in total. The van der Waals surface area contributed by atoms with E-state index < -0.39 is 0 Å². The second-order valence-corrected chi connectivity index (χ2v) is 5.61. The van der Waals surface area contributed by atoms with Gasteiger partial charge in [0.05, 0.1) is 5.71 Å². The Morgan fingerprint density at radius 3 is 2.62 bits per heavy atom. The zero-order chi connectivity index (χ0) is 14.7. The SMILES string of the molecule is C/N=C(/c1cccc(C)c1)c1ccccc1C1=CCCC1. The fourth-order valence-corrected chi connectivity index (χ4v) is 3.08. The average molecular weight is 275 g/mol. The molecule has 1 heteroatoms. The number of allylic oxidation sites excluding steroid dienone is 2. The van der Waals surface area contributed by atoms with Gasteiger partial charge in [0, 0.05) is 18.2 Å². The van der Waals surface area contributed by atoms with Gasteiger partial charge in [0.25, 0.3) is 0 Å². The van der Waals surface area contributed by atoms with Crippen molar-refractivity contribution in [1.82, 2.24) is 0 Å². The quantitative estimate of drug-likeness (QED) is 0.697. The first-order valence-corrected chi connectivity index (χ1v) is 7.62. The van der Waals surface area contributed by atoms with Gasteiger partial charge >= 0.3 is 0 Å². The van der Waals surface area contributed by atoms with Crippen LogP contribution in [0.25, 0.3) is 5.57 Å². The lowest BCUT2D eigenvalue weighted by atomic mass is 9.92. The third-order valence-corrected chi connectivity index (χ3v) is 4.08. The molecular weight excluding hydrogens is 254 g/mol. The number of rotatable bonds is 3. The van der Waals surface area contributed by atoms with Crippen LogP contribution in [0.5, 0.6) is 0 Å². The maximum absolute atomic E-state index is 4.59. The summed E-state index contributed by atoms with van der Waals surface area (Å²) in [6, 6.07) is 17.2. The molecule has 0 radical (unpaired) electrons. The number of benzene rings is 2. The maximum atomic E-state index is 4.59. The van der Waals surface area contributed by atoms with E-state index in [2.05, 4.69) is 66.5 Å². The molecule has 1 nitrogen and oxygen atoms in total. The summed E-state index contributed by atoms with van der Waals surface area (Å²) in [5, 5.41) is 0. The van der Waals surface area contributed by atoms with E-state index in [-0.39, 0.29) is 0 Å². The molecule has 106 valence electrons. The van der Waals surface area contributed by atoms with Crippen LogP contribution in [0, 0.1) is 6.92 Å². The Hall–Kier alpha value is -2.15. The van der Waals surface area contributed by atoms with Gasteiger partial charge in [0.1, 0.15) is 0 Å². The second-order valence-electron chi connectivity index (χ2n) is 5.61. The Morgan fingerprint density at radius 1 is 1.05 bits per heavy atom. The Bertz CT molecular complexity index is 707. The third-order valence-electron chi connectivity index (χ3n) is 4.08. The van der Waals surface area contributed by atoms with Crippen molar-refractivity contribution in [2.75, 3.05) is 7.05 Å². The van der Waals surface area contributed by atoms with Gasteiger partial charge in [-0.2, -0.15) is 0 Å². The van der Waals surface area contributed by atoms with Crippen LogP contribution in [-0.4, -0.2) is 12.8 Å². The van der Waals surface area contributed by atoms with Crippen LogP contribution in [0.4, 0.5) is 0 Å². The predicted molar refractivity (Wildman–Crippen MR) is 91.0 cm³/mol. The van der Waals surface area contributed by atoms with E-state index in [4.69, 9.17) is 0 Å². The highest BCUT2D eigenvalue weighted by atomic mass is 14.7. The highest BCUT2D eigenvalue weighted by Gasteiger charge is 2.15. The molecule has 21 heavy (non-hydrogen) atoms. The van der Waals surface area contributed by atoms with Crippen molar-refractivity contribution >= 4 is 11.3 Å². The number of aryl methyl sites for hydroxylation is 1. The first-order valence-electron chi connectivity index (χ1n) is 7.62. The van der Waals surface area contributed by atoms with Gasteiger partial charge in [-0.3, -0.25) is 4.99 Å². The van der Waals surface area contributed by atoms with E-state index >= 15 is 0 Å². The third kappa shape index (κ3) is 2.82. The molecule has 2 aromatic carbocycles. The van der Waals surface area contributed by atoms with Crippen LogP contribution < -0.4 is 0 Å². The Morgan fingerprint density at radius 2 is 1.90 bits per heavy atom. The van der Waals surface area contributed by atoms with Crippen LogP contribution in [0.15, 0.2) is 59.6 Å². The monoisotopic (exact) mass is 275 g/mol. The fourth-order valence-electron chi connectivity index (χ4n) is 3.08. The first-order chi connectivity index (χ1) is 10.3. The van der Waals surface area contributed by atoms with Crippen LogP contribution in [-0.2, 0) is 0 Å². The molecule has 0 bridgehead atoms. The van der Waals surface area contributed by atoms with E-state index in [9.17, 15) is 0 Å². The molecule has 3 rings (SSSR count). The molecule has 0 unspecified atom stereocenters. The van der Waals surface area contributed by atoms with Crippen molar-refractivity contribution in [2.45, 2.75) is 26.2 Å². The molecule has 0 saturated carbocycles. The molecule has 2 aromatic rings. The molecule has 0 fully saturated rings. The maximum Gasteiger partial charge on any atom is 0.0721 e. The van der Waals surface area contributed by atoms with Gasteiger partial charge in [-0.25, -0.2) is 0 Å². The topological polar surface area (TPSA) is 12.4 Å². The molecule has 0 heterocycles. The van der Waals surface area contributed by atoms with Gasteiger partial charge in [-0.05, 0) is 43.4 Å². The van der Waals surface area contributed by atoms with E-state index in [1.807, 2.05) is 7.05 Å². The number of hydrogen-bond donors (Lipinski definition) is 0. The predicted octanol–water partition coefficient (Wildman–Crippen LogP) is 5.03. The molecular formula is C20H21N. The molecule has 1 aliphatic rings. The zero-order valence-electron chi connectivity index (χ0n) is 12.8. The summed E-state index contributed by atoms with van der Waals surface area (Å²) in [6.07, 6.45) is 6.03. The normalized spacial score (nSPS) is 15.1. The standard InChI is InChI=1S/C20H21N/c1-15-8-7-11-17(14-15)20(21-2)19-13-6-5-12-18(19)16-9-3-4-10-16/h5-9,11-14H,3-4,10H2,1-2H3/b21-20-. The summed E-state index contributed by atoms with van der Waals surface area (Å²) in [5.74, 6) is 0. The Balaban J connectivity index is 2.10. The molecule has 0 amide bonds. The smallest absolute Gasteiger partial charge is 0.0721 e. The van der Waals surface area contributed by atoms with Crippen molar-refractivity contribution in [1.29, 1.82) is 0 Å². The van der Waals surface area contributed by atoms with Crippen LogP contribution in [0.1, 0.15) is 41.5 Å². The number of nitrogens with zero attached hydrogens (tertiary/aromatic N) is 1. The van der Waals surface area contributed by atoms with Crippen molar-refractivity contribution in [2.24, 2.45) is 4.99 Å². The molecule has 0 aromatic heterocycles. The molecule has 1 aliphatic carbocycles. The largest absolute Gasteiger partial charge is 0.287 e. The average Bonchev–Trinajstić information content (AvgIpc) is 3.03. The Kier molecular flexibility index (Phi) is 4.01. The summed E-state index contributed by atoms with van der Waals surface area (Å²) < 4.78 is 0. The van der Waals surface area contributed by atoms with Gasteiger partial charge < -0.3 is 0 Å². The lowest BCUT2D eigenvalue weighted by Gasteiger charge is -2.13. The van der Waals surface area contributed by atoms with Gasteiger partial charge in [0.15, 0.2) is 0 Å². The summed E-state index contributed by atoms with van der Waals surface area (Å²) in [5.41, 5.74) is 7.62. The van der Waals surface area contributed by atoms with Crippen LogP contribution in [0.2, 0.25) is 0 Å². The first kappa shape index (κ1) is 13.8. The molecule has 0 spiro atoms. The van der Waals surface area contributed by atoms with E-state index in [0.717, 1.165) is 5.71 Å². The summed E-state index contributed by atoms with van der Waals surface area (Å²) in [4.78, 5) is 4.59. The lowest BCUT2D eigenvalue weighted by molar-refractivity contribution is 0.935. The minimum Gasteiger partial charge on any atom is -0.287 e.